The first kappa shape index (κ1) is 69.2. The van der Waals surface area contributed by atoms with Gasteiger partial charge in [-0.25, -0.2) is 24.9 Å². The highest BCUT2D eigenvalue weighted by atomic mass is 32.1. The minimum Gasteiger partial charge on any atom is -0.449 e. The number of benzene rings is 2. The summed E-state index contributed by atoms with van der Waals surface area (Å²) in [6.45, 7) is 43.8. The maximum Gasteiger partial charge on any atom is 0.192 e. The number of aromatic nitrogens is 11. The molecule has 0 saturated carbocycles. The van der Waals surface area contributed by atoms with Crippen LogP contribution in [0.4, 0.5) is 0 Å². The van der Waals surface area contributed by atoms with E-state index < -0.39 is 0 Å². The standard InChI is InChI=1S/2C9H10N2.C8H7NO.C8H7NS.C5H9N3.C4H5NO.C4H5NS.6C2H6/c2*1-7-8(2)11-6-4-3-5-9(11)10-7;2*1-6-9-7-4-2-3-5-8(7)10-6;1-4-6-7-5(2)8(4)3;2*1-4-5-2-3-6-4;6*1-2/h2*3-6H,1-2H3;2*2-5H,1H3;1-3H3;2*2-3H,1H3;6*1-2H3. The van der Waals surface area contributed by atoms with Gasteiger partial charge in [-0.05, 0) is 104 Å². The number of fused-ring (bicyclic) bond motifs is 4. The van der Waals surface area contributed by atoms with Crippen LogP contribution < -0.4 is 0 Å². The van der Waals surface area contributed by atoms with Gasteiger partial charge >= 0.3 is 0 Å². The van der Waals surface area contributed by atoms with Crippen LogP contribution in [0.15, 0.2) is 130 Å². The van der Waals surface area contributed by atoms with Gasteiger partial charge in [-0.2, -0.15) is 0 Å². The second-order valence-electron chi connectivity index (χ2n) is 13.8. The van der Waals surface area contributed by atoms with Gasteiger partial charge < -0.3 is 22.2 Å². The average molecular weight is 1050 g/mol. The van der Waals surface area contributed by atoms with Crippen molar-refractivity contribution < 1.29 is 8.83 Å². The fraction of sp³-hybridized carbons (Fsp3) is 0.390. The zero-order valence-corrected chi connectivity index (χ0v) is 50.7. The first-order valence-electron chi connectivity index (χ1n) is 25.8. The van der Waals surface area contributed by atoms with Gasteiger partial charge in [0.05, 0.1) is 37.8 Å². The van der Waals surface area contributed by atoms with Crippen molar-refractivity contribution in [3.05, 3.63) is 178 Å². The van der Waals surface area contributed by atoms with Crippen molar-refractivity contribution in [2.75, 3.05) is 0 Å². The van der Waals surface area contributed by atoms with E-state index in [-0.39, 0.29) is 0 Å². The van der Waals surface area contributed by atoms with Crippen molar-refractivity contribution >= 4 is 55.3 Å². The van der Waals surface area contributed by atoms with E-state index in [9.17, 15) is 0 Å². The highest BCUT2D eigenvalue weighted by molar-refractivity contribution is 7.18. The number of hydrogen-bond donors (Lipinski definition) is 0. The predicted molar refractivity (Wildman–Crippen MR) is 319 cm³/mol. The number of rotatable bonds is 0. The summed E-state index contributed by atoms with van der Waals surface area (Å²) in [7, 11) is 1.95. The van der Waals surface area contributed by atoms with Gasteiger partial charge in [-0.1, -0.05) is 119 Å². The summed E-state index contributed by atoms with van der Waals surface area (Å²) in [5.41, 5.74) is 9.63. The Bertz CT molecular complexity index is 2750. The lowest BCUT2D eigenvalue weighted by Gasteiger charge is -1.92. The Balaban J connectivity index is 0. The Morgan fingerprint density at radius 1 is 0.459 bits per heavy atom. The number of thiazole rings is 2. The molecule has 15 heteroatoms. The van der Waals surface area contributed by atoms with Gasteiger partial charge in [0.1, 0.15) is 34.7 Å². The monoisotopic (exact) mass is 1050 g/mol. The van der Waals surface area contributed by atoms with Crippen molar-refractivity contribution in [2.45, 2.75) is 152 Å². The highest BCUT2D eigenvalue weighted by Gasteiger charge is 2.02. The van der Waals surface area contributed by atoms with Crippen LogP contribution in [0.1, 0.15) is 139 Å². The molecule has 11 rings (SSSR count). The normalized spacial score (nSPS) is 9.01. The molecule has 0 saturated heterocycles. The molecule has 0 fully saturated rings. The minimum absolute atomic E-state index is 0.718. The Hall–Kier alpha value is -6.84. The van der Waals surface area contributed by atoms with Gasteiger partial charge in [-0.3, -0.25) is 4.98 Å². The molecule has 13 nitrogen and oxygen atoms in total. The molecular weight excluding hydrogens is 959 g/mol. The minimum atomic E-state index is 0.718. The van der Waals surface area contributed by atoms with Crippen LogP contribution in [0.25, 0.3) is 32.6 Å². The quantitative estimate of drug-likeness (QED) is 0.144. The molecule has 0 aliphatic heterocycles. The largest absolute Gasteiger partial charge is 0.449 e. The van der Waals surface area contributed by atoms with Crippen LogP contribution in [0, 0.1) is 69.2 Å². The van der Waals surface area contributed by atoms with Gasteiger partial charge in [0, 0.05) is 56.3 Å². The van der Waals surface area contributed by atoms with E-state index >= 15 is 0 Å². The third-order valence-corrected chi connectivity index (χ3v) is 10.9. The van der Waals surface area contributed by atoms with Crippen molar-refractivity contribution in [1.29, 1.82) is 0 Å². The van der Waals surface area contributed by atoms with Crippen LogP contribution in [-0.2, 0) is 7.05 Å². The van der Waals surface area contributed by atoms with Crippen molar-refractivity contribution in [1.82, 2.24) is 53.5 Å². The SMILES string of the molecule is CC.CC.CC.CC.CC.CC.Cc1nc2ccccc2o1.Cc1nc2ccccc2s1.Cc1nc2ccccn2c1C.Cc1nc2ccccn2c1C.Cc1ncco1.Cc1nccs1.Cc1nnc(C)n1C. The first-order chi connectivity index (χ1) is 35.8. The van der Waals surface area contributed by atoms with E-state index in [1.807, 2.05) is 240 Å². The second-order valence-corrected chi connectivity index (χ2v) is 16.1. The molecule has 0 aliphatic carbocycles. The summed E-state index contributed by atoms with van der Waals surface area (Å²) < 4.78 is 17.4. The molecule has 0 unspecified atom stereocenters. The number of nitrogens with zero attached hydrogens (tertiary/aromatic N) is 11. The number of imidazole rings is 2. The van der Waals surface area contributed by atoms with Crippen LogP contribution in [-0.4, -0.2) is 53.5 Å². The molecule has 0 bridgehead atoms. The van der Waals surface area contributed by atoms with Crippen LogP contribution in [0.5, 0.6) is 0 Å². The molecular formula is C59H89N11O2S2. The summed E-state index contributed by atoms with van der Waals surface area (Å²) in [4.78, 5) is 24.9. The van der Waals surface area contributed by atoms with E-state index in [2.05, 4.69) is 68.8 Å². The van der Waals surface area contributed by atoms with Crippen molar-refractivity contribution in [3.63, 3.8) is 0 Å². The zero-order valence-electron chi connectivity index (χ0n) is 49.1. The zero-order chi connectivity index (χ0) is 56.6. The number of hydrogen-bond acceptors (Lipinski definition) is 12. The second kappa shape index (κ2) is 41.6. The Kier molecular flexibility index (Phi) is 38.9. The Morgan fingerprint density at radius 2 is 0.932 bits per heavy atom. The summed E-state index contributed by atoms with van der Waals surface area (Å²) in [5.74, 6) is 3.36. The van der Waals surface area contributed by atoms with E-state index in [0.29, 0.717) is 0 Å². The fourth-order valence-corrected chi connectivity index (χ4v) is 6.82. The van der Waals surface area contributed by atoms with Gasteiger partial charge in [-0.15, -0.1) is 32.9 Å². The van der Waals surface area contributed by atoms with E-state index in [1.54, 1.807) is 48.3 Å². The Labute approximate surface area is 452 Å². The number of oxazole rings is 2. The van der Waals surface area contributed by atoms with E-state index in [4.69, 9.17) is 8.83 Å². The van der Waals surface area contributed by atoms with E-state index in [0.717, 1.165) is 72.7 Å². The molecule has 74 heavy (non-hydrogen) atoms. The van der Waals surface area contributed by atoms with Gasteiger partial charge in [0.15, 0.2) is 17.4 Å². The average Bonchev–Trinajstić information content (AvgIpc) is 4.36. The van der Waals surface area contributed by atoms with Crippen LogP contribution >= 0.6 is 22.7 Å². The predicted octanol–water partition coefficient (Wildman–Crippen LogP) is 17.7. The molecule has 0 atom stereocenters. The first-order valence-corrected chi connectivity index (χ1v) is 27.5. The molecule has 0 amide bonds. The van der Waals surface area contributed by atoms with Crippen molar-refractivity contribution in [3.8, 4) is 0 Å². The van der Waals surface area contributed by atoms with Gasteiger partial charge in [0.25, 0.3) is 0 Å². The molecule has 9 aromatic heterocycles. The van der Waals surface area contributed by atoms with Crippen molar-refractivity contribution in [2.24, 2.45) is 7.05 Å². The highest BCUT2D eigenvalue weighted by Crippen LogP contribution is 2.20. The molecule has 0 aliphatic rings. The summed E-state index contributed by atoms with van der Waals surface area (Å²) in [6.07, 6.45) is 9.04. The van der Waals surface area contributed by atoms with Gasteiger partial charge in [0.2, 0.25) is 0 Å². The fourth-order valence-electron chi connectivity index (χ4n) is 5.55. The molecule has 9 heterocycles. The summed E-state index contributed by atoms with van der Waals surface area (Å²) in [5, 5.41) is 11.9. The maximum atomic E-state index is 5.26. The third-order valence-electron chi connectivity index (χ3n) is 9.23. The topological polar surface area (TPSA) is 143 Å². The lowest BCUT2D eigenvalue weighted by atomic mass is 10.3. The van der Waals surface area contributed by atoms with Crippen LogP contribution in [0.2, 0.25) is 0 Å². The molecule has 2 aromatic carbocycles. The number of pyridine rings is 2. The van der Waals surface area contributed by atoms with E-state index in [1.165, 1.54) is 16.1 Å². The smallest absolute Gasteiger partial charge is 0.192 e. The van der Waals surface area contributed by atoms with Crippen LogP contribution in [0.3, 0.4) is 0 Å². The molecule has 0 radical (unpaired) electrons. The summed E-state index contributed by atoms with van der Waals surface area (Å²) in [6, 6.07) is 28.0. The summed E-state index contributed by atoms with van der Waals surface area (Å²) >= 11 is 3.41. The lowest BCUT2D eigenvalue weighted by Crippen LogP contribution is -1.92. The lowest BCUT2D eigenvalue weighted by molar-refractivity contribution is 0.521. The molecule has 0 spiro atoms. The maximum absolute atomic E-state index is 5.26. The molecule has 11 aromatic rings. The Morgan fingerprint density at radius 3 is 1.28 bits per heavy atom. The number of aryl methyl sites for hydroxylation is 10. The third kappa shape index (κ3) is 24.7. The number of para-hydroxylation sites is 3. The molecule has 404 valence electrons. The molecule has 0 N–H and O–H groups in total.